The lowest BCUT2D eigenvalue weighted by Gasteiger charge is -2.27. The Bertz CT molecular complexity index is 1090. The number of aliphatic hydroxyl groups is 1. The molecule has 0 saturated carbocycles. The van der Waals surface area contributed by atoms with E-state index in [0.29, 0.717) is 30.2 Å². The van der Waals surface area contributed by atoms with Gasteiger partial charge in [-0.05, 0) is 80.9 Å². The van der Waals surface area contributed by atoms with Gasteiger partial charge in [0.25, 0.3) is 11.7 Å². The van der Waals surface area contributed by atoms with Gasteiger partial charge in [-0.1, -0.05) is 32.9 Å². The number of aliphatic hydroxyl groups excluding tert-OH is 1. The molecule has 2 aromatic rings. The smallest absolute Gasteiger partial charge is 0.295 e. The molecule has 7 heteroatoms. The average molecular weight is 495 g/mol. The summed E-state index contributed by atoms with van der Waals surface area (Å²) in [5.41, 5.74) is 2.14. The summed E-state index contributed by atoms with van der Waals surface area (Å²) >= 11 is 0. The number of Topliss-reactive ketones (excluding diaryl/α,β-unsaturated/α-hetero) is 1. The van der Waals surface area contributed by atoms with E-state index in [4.69, 9.17) is 9.47 Å². The zero-order chi connectivity index (χ0) is 26.2. The number of hydrogen-bond acceptors (Lipinski definition) is 6. The van der Waals surface area contributed by atoms with E-state index in [-0.39, 0.29) is 11.3 Å². The summed E-state index contributed by atoms with van der Waals surface area (Å²) in [6.45, 7) is 11.8. The summed E-state index contributed by atoms with van der Waals surface area (Å²) < 4.78 is 11.0. The van der Waals surface area contributed by atoms with Crippen molar-refractivity contribution in [1.29, 1.82) is 0 Å². The van der Waals surface area contributed by atoms with E-state index in [1.54, 1.807) is 36.3 Å². The molecule has 3 rings (SSSR count). The minimum atomic E-state index is -0.678. The van der Waals surface area contributed by atoms with Crippen LogP contribution in [0.3, 0.4) is 0 Å². The Morgan fingerprint density at radius 3 is 2.28 bits per heavy atom. The van der Waals surface area contributed by atoms with E-state index < -0.39 is 17.7 Å². The quantitative estimate of drug-likeness (QED) is 0.256. The third-order valence-corrected chi connectivity index (χ3v) is 6.67. The number of benzene rings is 2. The van der Waals surface area contributed by atoms with Gasteiger partial charge in [-0.3, -0.25) is 9.59 Å². The van der Waals surface area contributed by atoms with E-state index in [1.165, 1.54) is 0 Å². The summed E-state index contributed by atoms with van der Waals surface area (Å²) in [4.78, 5) is 30.4. The van der Waals surface area contributed by atoms with Gasteiger partial charge in [0, 0.05) is 12.1 Å². The molecule has 1 aliphatic rings. The number of likely N-dealkylation sites (tertiary alicyclic amines) is 1. The van der Waals surface area contributed by atoms with Crippen molar-refractivity contribution in [2.45, 2.75) is 46.6 Å². The maximum absolute atomic E-state index is 13.3. The highest BCUT2D eigenvalue weighted by Gasteiger charge is 2.46. The molecule has 1 atom stereocenters. The average Bonchev–Trinajstić information content (AvgIpc) is 3.14. The third kappa shape index (κ3) is 5.90. The normalized spacial score (nSPS) is 17.2. The first-order valence-corrected chi connectivity index (χ1v) is 12.7. The van der Waals surface area contributed by atoms with Gasteiger partial charge in [-0.25, -0.2) is 0 Å². The second-order valence-electron chi connectivity index (χ2n) is 8.97. The topological polar surface area (TPSA) is 79.3 Å². The molecule has 0 bridgehead atoms. The van der Waals surface area contributed by atoms with Crippen LogP contribution in [0.15, 0.2) is 48.0 Å². The lowest BCUT2D eigenvalue weighted by molar-refractivity contribution is -0.140. The molecule has 36 heavy (non-hydrogen) atoms. The highest BCUT2D eigenvalue weighted by Crippen LogP contribution is 2.40. The molecule has 0 radical (unpaired) electrons. The van der Waals surface area contributed by atoms with Crippen molar-refractivity contribution in [3.63, 3.8) is 0 Å². The number of aryl methyl sites for hydroxylation is 1. The first-order chi connectivity index (χ1) is 17.4. The van der Waals surface area contributed by atoms with Crippen LogP contribution in [0.25, 0.3) is 5.76 Å². The van der Waals surface area contributed by atoms with Crippen LogP contribution in [0.4, 0.5) is 0 Å². The molecule has 0 aromatic heterocycles. The van der Waals surface area contributed by atoms with E-state index in [1.807, 2.05) is 32.0 Å². The van der Waals surface area contributed by atoms with Crippen molar-refractivity contribution in [2.24, 2.45) is 0 Å². The monoisotopic (exact) mass is 494 g/mol. The van der Waals surface area contributed by atoms with Crippen LogP contribution in [0, 0.1) is 6.92 Å². The number of carbonyl (C=O) groups is 2. The number of ketones is 1. The van der Waals surface area contributed by atoms with Crippen LogP contribution >= 0.6 is 0 Å². The largest absolute Gasteiger partial charge is 0.507 e. The Labute approximate surface area is 214 Å². The van der Waals surface area contributed by atoms with E-state index in [9.17, 15) is 14.7 Å². The fourth-order valence-corrected chi connectivity index (χ4v) is 4.60. The number of hydrogen-bond donors (Lipinski definition) is 1. The molecule has 7 nitrogen and oxygen atoms in total. The molecule has 1 aliphatic heterocycles. The molecule has 1 N–H and O–H groups in total. The molecule has 2 aromatic carbocycles. The fourth-order valence-electron chi connectivity index (χ4n) is 4.60. The van der Waals surface area contributed by atoms with Gasteiger partial charge in [-0.2, -0.15) is 0 Å². The molecule has 1 amide bonds. The molecule has 0 spiro atoms. The first-order valence-electron chi connectivity index (χ1n) is 12.7. The molecule has 1 unspecified atom stereocenters. The van der Waals surface area contributed by atoms with Gasteiger partial charge in [0.05, 0.1) is 25.3 Å². The zero-order valence-electron chi connectivity index (χ0n) is 22.0. The Kier molecular flexibility index (Phi) is 9.53. The van der Waals surface area contributed by atoms with E-state index in [2.05, 4.69) is 18.7 Å². The lowest BCUT2D eigenvalue weighted by atomic mass is 9.93. The van der Waals surface area contributed by atoms with Crippen LogP contribution in [0.2, 0.25) is 0 Å². The molecular weight excluding hydrogens is 456 g/mol. The minimum absolute atomic E-state index is 0.110. The van der Waals surface area contributed by atoms with Crippen molar-refractivity contribution < 1.29 is 24.2 Å². The lowest BCUT2D eigenvalue weighted by Crippen LogP contribution is -2.33. The highest BCUT2D eigenvalue weighted by molar-refractivity contribution is 6.46. The van der Waals surface area contributed by atoms with Gasteiger partial charge < -0.3 is 24.4 Å². The maximum atomic E-state index is 13.3. The van der Waals surface area contributed by atoms with Crippen molar-refractivity contribution in [3.05, 3.63) is 64.7 Å². The molecule has 1 saturated heterocycles. The van der Waals surface area contributed by atoms with Crippen molar-refractivity contribution in [2.75, 3.05) is 39.9 Å². The van der Waals surface area contributed by atoms with Gasteiger partial charge in [-0.15, -0.1) is 0 Å². The highest BCUT2D eigenvalue weighted by atomic mass is 16.5. The number of methoxy groups -OCH3 is 1. The van der Waals surface area contributed by atoms with Crippen molar-refractivity contribution >= 4 is 17.4 Å². The molecule has 0 aliphatic carbocycles. The zero-order valence-corrected chi connectivity index (χ0v) is 22.0. The van der Waals surface area contributed by atoms with E-state index in [0.717, 1.165) is 43.6 Å². The standard InChI is InChI=1S/C29H38N2O5/c1-6-18-36-23-14-15-24(20(4)19-23)27(32)25-26(21-10-12-22(35-5)13-11-21)31(29(34)28(25)33)17-9-16-30(7-2)8-3/h10-15,19,26,32H,6-9,16-18H2,1-5H3. The van der Waals surface area contributed by atoms with Crippen LogP contribution in [0.5, 0.6) is 11.5 Å². The van der Waals surface area contributed by atoms with Crippen LogP contribution in [0.1, 0.15) is 56.3 Å². The Morgan fingerprint density at radius 1 is 1.03 bits per heavy atom. The van der Waals surface area contributed by atoms with Crippen LogP contribution in [-0.4, -0.2) is 66.5 Å². The summed E-state index contributed by atoms with van der Waals surface area (Å²) in [5.74, 6) is -0.0375. The number of nitrogens with zero attached hydrogens (tertiary/aromatic N) is 2. The Hall–Kier alpha value is -3.32. The molecular formula is C29H38N2O5. The summed E-state index contributed by atoms with van der Waals surface area (Å²) in [6.07, 6.45) is 1.62. The predicted octanol–water partition coefficient (Wildman–Crippen LogP) is 4.95. The minimum Gasteiger partial charge on any atom is -0.507 e. The number of rotatable bonds is 12. The molecule has 1 fully saturated rings. The predicted molar refractivity (Wildman–Crippen MR) is 141 cm³/mol. The van der Waals surface area contributed by atoms with Crippen LogP contribution in [-0.2, 0) is 9.59 Å². The first kappa shape index (κ1) is 27.3. The second-order valence-corrected chi connectivity index (χ2v) is 8.97. The van der Waals surface area contributed by atoms with Gasteiger partial charge in [0.15, 0.2) is 0 Å². The summed E-state index contributed by atoms with van der Waals surface area (Å²) in [5, 5.41) is 11.4. The Morgan fingerprint density at radius 2 is 1.69 bits per heavy atom. The number of ether oxygens (including phenoxy) is 2. The molecule has 194 valence electrons. The number of carbonyl (C=O) groups excluding carboxylic acids is 2. The SMILES string of the molecule is CCCOc1ccc(C(O)=C2C(=O)C(=O)N(CCCN(CC)CC)C2c2ccc(OC)cc2)c(C)c1. The molecule has 1 heterocycles. The summed E-state index contributed by atoms with van der Waals surface area (Å²) in [7, 11) is 1.59. The number of amides is 1. The van der Waals surface area contributed by atoms with Crippen LogP contribution < -0.4 is 9.47 Å². The second kappa shape index (κ2) is 12.6. The Balaban J connectivity index is 2.03. The summed E-state index contributed by atoms with van der Waals surface area (Å²) in [6, 6.07) is 12.0. The maximum Gasteiger partial charge on any atom is 0.295 e. The van der Waals surface area contributed by atoms with Gasteiger partial charge in [0.1, 0.15) is 17.3 Å². The third-order valence-electron chi connectivity index (χ3n) is 6.67. The van der Waals surface area contributed by atoms with Gasteiger partial charge >= 0.3 is 0 Å². The van der Waals surface area contributed by atoms with E-state index >= 15 is 0 Å². The van der Waals surface area contributed by atoms with Gasteiger partial charge in [0.2, 0.25) is 0 Å². The van der Waals surface area contributed by atoms with Crippen molar-refractivity contribution in [1.82, 2.24) is 9.80 Å². The van der Waals surface area contributed by atoms with Crippen molar-refractivity contribution in [3.8, 4) is 11.5 Å². The fraction of sp³-hybridized carbons (Fsp3) is 0.448.